The molecule has 2 aliphatic heterocycles. The Bertz CT molecular complexity index is 721. The fourth-order valence-electron chi connectivity index (χ4n) is 3.53. The minimum Gasteiger partial charge on any atom is -0.368 e. The van der Waals surface area contributed by atoms with Gasteiger partial charge in [0.15, 0.2) is 0 Å². The van der Waals surface area contributed by atoms with Gasteiger partial charge in [-0.1, -0.05) is 18.2 Å². The van der Waals surface area contributed by atoms with Gasteiger partial charge in [0.05, 0.1) is 0 Å². The number of carbonyl (C=O) groups excluding carboxylic acids is 1. The number of nitrogens with zero attached hydrogens (tertiary/aromatic N) is 1. The number of para-hydroxylation sites is 1. The van der Waals surface area contributed by atoms with Gasteiger partial charge in [-0.3, -0.25) is 4.79 Å². The van der Waals surface area contributed by atoms with E-state index in [9.17, 15) is 4.79 Å². The summed E-state index contributed by atoms with van der Waals surface area (Å²) in [5.74, 6) is -0.0384. The predicted octanol–water partition coefficient (Wildman–Crippen LogP) is 3.89. The molecule has 1 fully saturated rings. The molecular formula is C20H22N2O2. The number of hydrogen-bond donors (Lipinski definition) is 1. The topological polar surface area (TPSA) is 41.6 Å². The molecule has 2 aromatic rings. The normalized spacial score (nSPS) is 19.8. The summed E-state index contributed by atoms with van der Waals surface area (Å²) in [4.78, 5) is 14.5. The van der Waals surface area contributed by atoms with Crippen LogP contribution in [0.15, 0.2) is 48.5 Å². The third kappa shape index (κ3) is 3.02. The molecule has 1 saturated heterocycles. The second kappa shape index (κ2) is 6.65. The van der Waals surface area contributed by atoms with Crippen molar-refractivity contribution in [1.82, 2.24) is 0 Å². The lowest BCUT2D eigenvalue weighted by Crippen LogP contribution is -2.27. The Labute approximate surface area is 142 Å². The van der Waals surface area contributed by atoms with Crippen molar-refractivity contribution < 1.29 is 9.53 Å². The molecule has 24 heavy (non-hydrogen) atoms. The summed E-state index contributed by atoms with van der Waals surface area (Å²) in [5, 5.41) is 2.95. The molecule has 0 aliphatic carbocycles. The van der Waals surface area contributed by atoms with Gasteiger partial charge in [0.2, 0.25) is 0 Å². The zero-order valence-electron chi connectivity index (χ0n) is 13.7. The number of amides is 1. The molecule has 4 rings (SSSR count). The van der Waals surface area contributed by atoms with Crippen LogP contribution in [0.5, 0.6) is 0 Å². The van der Waals surface area contributed by atoms with Crippen molar-refractivity contribution in [1.29, 1.82) is 0 Å². The molecule has 2 aromatic carbocycles. The standard InChI is InChI=1S/C20H22N2O2/c23-20(19-8-4-14-24-19)21-16-9-11-17(12-10-16)22-13-3-6-15-5-1-2-7-18(15)22/h1-2,5,7,9-12,19H,3-4,6,8,13-14H2,(H,21,23). The number of ether oxygens (including phenoxy) is 1. The lowest BCUT2D eigenvalue weighted by molar-refractivity contribution is -0.124. The van der Waals surface area contributed by atoms with Gasteiger partial charge in [0, 0.05) is 30.2 Å². The number of hydrogen-bond acceptors (Lipinski definition) is 3. The summed E-state index contributed by atoms with van der Waals surface area (Å²) < 4.78 is 5.42. The first-order valence-corrected chi connectivity index (χ1v) is 8.69. The first-order valence-electron chi connectivity index (χ1n) is 8.69. The molecule has 0 spiro atoms. The molecule has 2 aliphatic rings. The molecular weight excluding hydrogens is 300 g/mol. The second-order valence-corrected chi connectivity index (χ2v) is 6.42. The Morgan fingerprint density at radius 1 is 1.08 bits per heavy atom. The van der Waals surface area contributed by atoms with Gasteiger partial charge in [0.25, 0.3) is 5.91 Å². The van der Waals surface area contributed by atoms with Crippen molar-refractivity contribution in [3.63, 3.8) is 0 Å². The highest BCUT2D eigenvalue weighted by Crippen LogP contribution is 2.33. The van der Waals surface area contributed by atoms with Crippen LogP contribution >= 0.6 is 0 Å². The number of carbonyl (C=O) groups is 1. The van der Waals surface area contributed by atoms with Crippen molar-refractivity contribution in [2.45, 2.75) is 31.8 Å². The Kier molecular flexibility index (Phi) is 4.22. The van der Waals surface area contributed by atoms with Crippen molar-refractivity contribution in [3.8, 4) is 0 Å². The lowest BCUT2D eigenvalue weighted by atomic mass is 10.0. The molecule has 4 nitrogen and oxygen atoms in total. The molecule has 0 bridgehead atoms. The van der Waals surface area contributed by atoms with E-state index < -0.39 is 0 Å². The zero-order valence-corrected chi connectivity index (χ0v) is 13.7. The highest BCUT2D eigenvalue weighted by atomic mass is 16.5. The van der Waals surface area contributed by atoms with E-state index >= 15 is 0 Å². The van der Waals surface area contributed by atoms with Crippen LogP contribution in [0.2, 0.25) is 0 Å². The van der Waals surface area contributed by atoms with Gasteiger partial charge >= 0.3 is 0 Å². The van der Waals surface area contributed by atoms with E-state index in [0.29, 0.717) is 6.61 Å². The second-order valence-electron chi connectivity index (χ2n) is 6.42. The molecule has 0 radical (unpaired) electrons. The molecule has 0 saturated carbocycles. The fourth-order valence-corrected chi connectivity index (χ4v) is 3.53. The molecule has 0 aromatic heterocycles. The van der Waals surface area contributed by atoms with E-state index in [2.05, 4.69) is 46.6 Å². The van der Waals surface area contributed by atoms with E-state index in [1.807, 2.05) is 12.1 Å². The van der Waals surface area contributed by atoms with E-state index in [0.717, 1.165) is 43.6 Å². The molecule has 124 valence electrons. The van der Waals surface area contributed by atoms with Gasteiger partial charge in [0.1, 0.15) is 6.10 Å². The molecule has 1 unspecified atom stereocenters. The number of anilines is 3. The van der Waals surface area contributed by atoms with Gasteiger partial charge in [-0.25, -0.2) is 0 Å². The fraction of sp³-hybridized carbons (Fsp3) is 0.350. The summed E-state index contributed by atoms with van der Waals surface area (Å²) in [6.45, 7) is 1.71. The van der Waals surface area contributed by atoms with Crippen LogP contribution in [-0.2, 0) is 16.0 Å². The van der Waals surface area contributed by atoms with E-state index in [4.69, 9.17) is 4.74 Å². The predicted molar refractivity (Wildman–Crippen MR) is 95.8 cm³/mol. The summed E-state index contributed by atoms with van der Waals surface area (Å²) >= 11 is 0. The molecule has 1 N–H and O–H groups in total. The highest BCUT2D eigenvalue weighted by molar-refractivity contribution is 5.94. The van der Waals surface area contributed by atoms with Crippen LogP contribution in [0.25, 0.3) is 0 Å². The smallest absolute Gasteiger partial charge is 0.253 e. The number of nitrogens with one attached hydrogen (secondary N) is 1. The zero-order chi connectivity index (χ0) is 16.4. The Morgan fingerprint density at radius 2 is 1.92 bits per heavy atom. The van der Waals surface area contributed by atoms with Crippen molar-refractivity contribution in [2.75, 3.05) is 23.4 Å². The average molecular weight is 322 g/mol. The van der Waals surface area contributed by atoms with Crippen molar-refractivity contribution >= 4 is 23.0 Å². The molecule has 1 atom stereocenters. The quantitative estimate of drug-likeness (QED) is 0.932. The van der Waals surface area contributed by atoms with Crippen LogP contribution in [0.3, 0.4) is 0 Å². The van der Waals surface area contributed by atoms with E-state index in [1.165, 1.54) is 11.3 Å². The minimum atomic E-state index is -0.293. The molecule has 4 heteroatoms. The Hall–Kier alpha value is -2.33. The maximum Gasteiger partial charge on any atom is 0.253 e. The number of fused-ring (bicyclic) bond motifs is 1. The van der Waals surface area contributed by atoms with Crippen LogP contribution in [0.1, 0.15) is 24.8 Å². The minimum absolute atomic E-state index is 0.0384. The highest BCUT2D eigenvalue weighted by Gasteiger charge is 2.23. The summed E-state index contributed by atoms with van der Waals surface area (Å²) in [7, 11) is 0. The largest absolute Gasteiger partial charge is 0.368 e. The number of benzene rings is 2. The van der Waals surface area contributed by atoms with Crippen LogP contribution in [0, 0.1) is 0 Å². The van der Waals surface area contributed by atoms with Crippen molar-refractivity contribution in [2.24, 2.45) is 0 Å². The van der Waals surface area contributed by atoms with Gasteiger partial charge < -0.3 is 15.0 Å². The molecule has 2 heterocycles. The first-order chi connectivity index (χ1) is 11.8. The van der Waals surface area contributed by atoms with Gasteiger partial charge in [-0.05, 0) is 61.6 Å². The van der Waals surface area contributed by atoms with Gasteiger partial charge in [-0.2, -0.15) is 0 Å². The van der Waals surface area contributed by atoms with E-state index in [1.54, 1.807) is 0 Å². The number of aryl methyl sites for hydroxylation is 1. The summed E-state index contributed by atoms with van der Waals surface area (Å²) in [5.41, 5.74) is 4.68. The summed E-state index contributed by atoms with van der Waals surface area (Å²) in [6, 6.07) is 16.7. The lowest BCUT2D eigenvalue weighted by Gasteiger charge is -2.31. The maximum absolute atomic E-state index is 12.1. The first kappa shape index (κ1) is 15.2. The van der Waals surface area contributed by atoms with E-state index in [-0.39, 0.29) is 12.0 Å². The monoisotopic (exact) mass is 322 g/mol. The maximum atomic E-state index is 12.1. The Balaban J connectivity index is 1.49. The average Bonchev–Trinajstić information content (AvgIpc) is 3.17. The van der Waals surface area contributed by atoms with Crippen LogP contribution in [-0.4, -0.2) is 25.2 Å². The summed E-state index contributed by atoms with van der Waals surface area (Å²) in [6.07, 6.45) is 3.79. The van der Waals surface area contributed by atoms with Crippen LogP contribution in [0.4, 0.5) is 17.1 Å². The third-order valence-electron chi connectivity index (χ3n) is 4.78. The van der Waals surface area contributed by atoms with Gasteiger partial charge in [-0.15, -0.1) is 0 Å². The Morgan fingerprint density at radius 3 is 2.71 bits per heavy atom. The van der Waals surface area contributed by atoms with Crippen molar-refractivity contribution in [3.05, 3.63) is 54.1 Å². The molecule has 1 amide bonds. The third-order valence-corrected chi connectivity index (χ3v) is 4.78. The van der Waals surface area contributed by atoms with Crippen LogP contribution < -0.4 is 10.2 Å². The number of rotatable bonds is 3. The SMILES string of the molecule is O=C(Nc1ccc(N2CCCc3ccccc32)cc1)C1CCCO1.